The Morgan fingerprint density at radius 1 is 0.974 bits per heavy atom. The molecule has 6 rings (SSSR count). The summed E-state index contributed by atoms with van der Waals surface area (Å²) >= 11 is 0. The number of imidazole rings is 1. The first kappa shape index (κ1) is 23.5. The van der Waals surface area contributed by atoms with Crippen LogP contribution in [0.1, 0.15) is 20.3 Å². The molecular weight excluding hydrogens is 481 g/mol. The Morgan fingerprint density at radius 2 is 1.87 bits per heavy atom. The zero-order chi connectivity index (χ0) is 26.2. The van der Waals surface area contributed by atoms with E-state index in [4.69, 9.17) is 4.98 Å². The van der Waals surface area contributed by atoms with Gasteiger partial charge in [0.1, 0.15) is 17.0 Å². The molecule has 6 aromatic rings. The quantitative estimate of drug-likeness (QED) is 0.244. The van der Waals surface area contributed by atoms with Gasteiger partial charge in [-0.15, -0.1) is 0 Å². The number of amides is 1. The number of anilines is 1. The Bertz CT molecular complexity index is 1800. The van der Waals surface area contributed by atoms with Crippen molar-refractivity contribution >= 4 is 33.5 Å². The zero-order valence-corrected chi connectivity index (χ0v) is 20.8. The summed E-state index contributed by atoms with van der Waals surface area (Å²) in [7, 11) is 0. The number of carbonyl (C=O) groups excluding carboxylic acids is 1. The molecule has 0 spiro atoms. The number of fused-ring (bicyclic) bond motifs is 2. The van der Waals surface area contributed by atoms with E-state index in [0.29, 0.717) is 40.4 Å². The fraction of sp³-hybridized carbons (Fsp3) is 0.138. The van der Waals surface area contributed by atoms with Crippen molar-refractivity contribution in [2.24, 2.45) is 5.92 Å². The first-order valence-electron chi connectivity index (χ1n) is 12.3. The molecule has 4 heterocycles. The highest BCUT2D eigenvalue weighted by Gasteiger charge is 2.17. The van der Waals surface area contributed by atoms with Gasteiger partial charge in [0.25, 0.3) is 0 Å². The van der Waals surface area contributed by atoms with Crippen molar-refractivity contribution in [2.45, 2.75) is 20.3 Å². The number of aromatic amines is 2. The lowest BCUT2D eigenvalue weighted by atomic mass is 10.0. The van der Waals surface area contributed by atoms with Crippen molar-refractivity contribution < 1.29 is 9.18 Å². The largest absolute Gasteiger partial charge is 0.336 e. The van der Waals surface area contributed by atoms with Crippen LogP contribution in [-0.4, -0.2) is 36.0 Å². The number of H-pyrrole nitrogens is 2. The van der Waals surface area contributed by atoms with Crippen molar-refractivity contribution in [3.8, 4) is 33.9 Å². The van der Waals surface area contributed by atoms with E-state index in [1.54, 1.807) is 24.7 Å². The van der Waals surface area contributed by atoms with Crippen LogP contribution in [0.25, 0.3) is 55.8 Å². The van der Waals surface area contributed by atoms with Gasteiger partial charge >= 0.3 is 0 Å². The van der Waals surface area contributed by atoms with Crippen molar-refractivity contribution in [3.63, 3.8) is 0 Å². The van der Waals surface area contributed by atoms with Gasteiger partial charge in [-0.3, -0.25) is 19.9 Å². The van der Waals surface area contributed by atoms with Gasteiger partial charge in [-0.2, -0.15) is 5.10 Å². The number of hydrogen-bond acceptors (Lipinski definition) is 5. The van der Waals surface area contributed by atoms with Gasteiger partial charge in [0, 0.05) is 35.3 Å². The number of rotatable bonds is 6. The predicted octanol–water partition coefficient (Wildman–Crippen LogP) is 6.35. The van der Waals surface area contributed by atoms with E-state index >= 15 is 0 Å². The van der Waals surface area contributed by atoms with Crippen LogP contribution >= 0.6 is 0 Å². The molecular formula is C29H24FN7O. The molecule has 0 unspecified atom stereocenters. The van der Waals surface area contributed by atoms with Crippen LogP contribution in [-0.2, 0) is 4.79 Å². The van der Waals surface area contributed by atoms with Gasteiger partial charge in [0.2, 0.25) is 5.91 Å². The number of nitrogens with one attached hydrogen (secondary N) is 3. The highest BCUT2D eigenvalue weighted by atomic mass is 19.1. The fourth-order valence-electron chi connectivity index (χ4n) is 4.52. The summed E-state index contributed by atoms with van der Waals surface area (Å²) < 4.78 is 13.9. The summed E-state index contributed by atoms with van der Waals surface area (Å²) in [5, 5.41) is 11.4. The summed E-state index contributed by atoms with van der Waals surface area (Å²) in [5.74, 6) is 0.471. The van der Waals surface area contributed by atoms with E-state index in [-0.39, 0.29) is 17.6 Å². The lowest BCUT2D eigenvalue weighted by Gasteiger charge is -2.09. The molecule has 0 aliphatic carbocycles. The van der Waals surface area contributed by atoms with Crippen LogP contribution in [0.2, 0.25) is 0 Å². The minimum absolute atomic E-state index is 0.0384. The molecule has 3 N–H and O–H groups in total. The van der Waals surface area contributed by atoms with Gasteiger partial charge < -0.3 is 10.3 Å². The monoisotopic (exact) mass is 505 g/mol. The first-order valence-corrected chi connectivity index (χ1v) is 12.3. The van der Waals surface area contributed by atoms with Crippen molar-refractivity contribution in [1.82, 2.24) is 30.1 Å². The van der Waals surface area contributed by atoms with Crippen LogP contribution in [0, 0.1) is 11.7 Å². The van der Waals surface area contributed by atoms with Crippen molar-refractivity contribution in [2.75, 3.05) is 5.32 Å². The third kappa shape index (κ3) is 4.50. The van der Waals surface area contributed by atoms with Crippen molar-refractivity contribution in [1.29, 1.82) is 0 Å². The first-order chi connectivity index (χ1) is 18.4. The second-order valence-electron chi connectivity index (χ2n) is 9.59. The fourth-order valence-corrected chi connectivity index (χ4v) is 4.52. The lowest BCUT2D eigenvalue weighted by Crippen LogP contribution is -2.13. The Balaban J connectivity index is 1.38. The van der Waals surface area contributed by atoms with Crippen molar-refractivity contribution in [3.05, 3.63) is 79.0 Å². The summed E-state index contributed by atoms with van der Waals surface area (Å²) in [6, 6.07) is 16.0. The molecule has 4 aromatic heterocycles. The van der Waals surface area contributed by atoms with Gasteiger partial charge in [0.05, 0.1) is 28.6 Å². The van der Waals surface area contributed by atoms with E-state index in [1.807, 2.05) is 50.2 Å². The molecule has 0 aliphatic rings. The van der Waals surface area contributed by atoms with Crippen LogP contribution in [0.5, 0.6) is 0 Å². The predicted molar refractivity (Wildman–Crippen MR) is 146 cm³/mol. The second-order valence-corrected chi connectivity index (χ2v) is 9.59. The highest BCUT2D eigenvalue weighted by molar-refractivity contribution is 5.98. The van der Waals surface area contributed by atoms with Gasteiger partial charge in [0.15, 0.2) is 5.82 Å². The molecule has 0 saturated carbocycles. The maximum absolute atomic E-state index is 13.9. The van der Waals surface area contributed by atoms with E-state index in [9.17, 15) is 9.18 Å². The van der Waals surface area contributed by atoms with Crippen LogP contribution < -0.4 is 5.32 Å². The third-order valence-corrected chi connectivity index (χ3v) is 6.24. The Hall–Kier alpha value is -4.92. The normalized spacial score (nSPS) is 11.5. The average Bonchev–Trinajstić information content (AvgIpc) is 3.52. The molecule has 2 aromatic carbocycles. The molecule has 8 nitrogen and oxygen atoms in total. The van der Waals surface area contributed by atoms with Gasteiger partial charge in [-0.05, 0) is 47.9 Å². The number of hydrogen-bond donors (Lipinski definition) is 3. The molecule has 9 heteroatoms. The molecule has 38 heavy (non-hydrogen) atoms. The standard InChI is InChI=1S/C29H24FN7O/c1-16(2)10-25(38)33-21-12-19(14-31-15-21)17-6-7-23-22(13-17)27(37-36-23)29-34-24-8-9-32-26(28(24)35-29)18-4-3-5-20(30)11-18/h3-9,11-16H,10H2,1-2H3,(H,33,38)(H,34,35)(H,36,37). The molecule has 0 aliphatic heterocycles. The maximum Gasteiger partial charge on any atom is 0.224 e. The summed E-state index contributed by atoms with van der Waals surface area (Å²) in [5.41, 5.74) is 6.58. The molecule has 0 saturated heterocycles. The topological polar surface area (TPSA) is 112 Å². The zero-order valence-electron chi connectivity index (χ0n) is 20.8. The van der Waals surface area contributed by atoms with E-state index in [2.05, 4.69) is 30.5 Å². The summed E-state index contributed by atoms with van der Waals surface area (Å²) in [6.07, 6.45) is 5.52. The minimum Gasteiger partial charge on any atom is -0.336 e. The second kappa shape index (κ2) is 9.51. The lowest BCUT2D eigenvalue weighted by molar-refractivity contribution is -0.116. The minimum atomic E-state index is -0.332. The SMILES string of the molecule is CC(C)CC(=O)Nc1cncc(-c2ccc3[nH]nc(-c4nc5c(-c6cccc(F)c6)nccc5[nH]4)c3c2)c1. The number of aromatic nitrogens is 6. The molecule has 0 radical (unpaired) electrons. The van der Waals surface area contributed by atoms with Crippen LogP contribution in [0.4, 0.5) is 10.1 Å². The number of pyridine rings is 2. The molecule has 0 atom stereocenters. The number of carbonyl (C=O) groups is 1. The smallest absolute Gasteiger partial charge is 0.224 e. The molecule has 188 valence electrons. The van der Waals surface area contributed by atoms with Crippen LogP contribution in [0.3, 0.4) is 0 Å². The maximum atomic E-state index is 13.9. The molecule has 0 fully saturated rings. The van der Waals surface area contributed by atoms with Gasteiger partial charge in [-0.25, -0.2) is 9.37 Å². The number of halogens is 1. The van der Waals surface area contributed by atoms with E-state index in [0.717, 1.165) is 27.5 Å². The Kier molecular flexibility index (Phi) is 5.88. The average molecular weight is 506 g/mol. The summed E-state index contributed by atoms with van der Waals surface area (Å²) in [4.78, 5) is 29.2. The Labute approximate surface area is 217 Å². The number of nitrogens with zero attached hydrogens (tertiary/aromatic N) is 4. The Morgan fingerprint density at radius 3 is 2.71 bits per heavy atom. The van der Waals surface area contributed by atoms with E-state index < -0.39 is 0 Å². The number of benzene rings is 2. The molecule has 0 bridgehead atoms. The van der Waals surface area contributed by atoms with Gasteiger partial charge in [-0.1, -0.05) is 32.0 Å². The highest BCUT2D eigenvalue weighted by Crippen LogP contribution is 2.33. The summed E-state index contributed by atoms with van der Waals surface area (Å²) in [6.45, 7) is 4.01. The third-order valence-electron chi connectivity index (χ3n) is 6.24. The van der Waals surface area contributed by atoms with E-state index in [1.165, 1.54) is 12.1 Å². The molecule has 1 amide bonds. The van der Waals surface area contributed by atoms with Crippen LogP contribution in [0.15, 0.2) is 73.2 Å².